The predicted octanol–water partition coefficient (Wildman–Crippen LogP) is 2.98. The van der Waals surface area contributed by atoms with Gasteiger partial charge in [0.15, 0.2) is 0 Å². The van der Waals surface area contributed by atoms with Crippen LogP contribution in [-0.4, -0.2) is 30.3 Å². The maximum Gasteiger partial charge on any atom is 0.251 e. The van der Waals surface area contributed by atoms with E-state index in [0.717, 1.165) is 4.47 Å². The summed E-state index contributed by atoms with van der Waals surface area (Å²) in [6, 6.07) is 13.2. The van der Waals surface area contributed by atoms with Crippen molar-refractivity contribution in [2.24, 2.45) is 0 Å². The number of nitrogens with one attached hydrogen (secondary N) is 1. The van der Waals surface area contributed by atoms with E-state index in [2.05, 4.69) is 21.2 Å². The fourth-order valence-corrected chi connectivity index (χ4v) is 2.39. The highest BCUT2D eigenvalue weighted by Gasteiger charge is 2.13. The minimum absolute atomic E-state index is 0.143. The van der Waals surface area contributed by atoms with Crippen molar-refractivity contribution in [3.05, 3.63) is 69.9 Å². The van der Waals surface area contributed by atoms with Gasteiger partial charge in [0.2, 0.25) is 5.91 Å². The van der Waals surface area contributed by atoms with Crippen molar-refractivity contribution in [3.8, 4) is 0 Å². The van der Waals surface area contributed by atoms with Gasteiger partial charge in [-0.05, 0) is 24.3 Å². The number of amides is 2. The number of carbonyl (C=O) groups excluding carboxylic acids is 2. The number of halogens is 2. The molecule has 0 bridgehead atoms. The van der Waals surface area contributed by atoms with Crippen LogP contribution < -0.4 is 5.32 Å². The second-order valence-electron chi connectivity index (χ2n) is 5.03. The molecule has 23 heavy (non-hydrogen) atoms. The zero-order chi connectivity index (χ0) is 16.8. The molecule has 2 aromatic rings. The first kappa shape index (κ1) is 17.1. The molecule has 0 spiro atoms. The van der Waals surface area contributed by atoms with E-state index < -0.39 is 0 Å². The average molecular weight is 379 g/mol. The van der Waals surface area contributed by atoms with Crippen molar-refractivity contribution in [3.63, 3.8) is 0 Å². The highest BCUT2D eigenvalue weighted by Crippen LogP contribution is 2.11. The van der Waals surface area contributed by atoms with E-state index >= 15 is 0 Å². The van der Waals surface area contributed by atoms with E-state index in [4.69, 9.17) is 0 Å². The summed E-state index contributed by atoms with van der Waals surface area (Å²) in [4.78, 5) is 25.4. The Morgan fingerprint density at radius 2 is 1.91 bits per heavy atom. The van der Waals surface area contributed by atoms with Gasteiger partial charge >= 0.3 is 0 Å². The van der Waals surface area contributed by atoms with Gasteiger partial charge in [0.1, 0.15) is 5.82 Å². The molecule has 0 fully saturated rings. The zero-order valence-electron chi connectivity index (χ0n) is 12.6. The van der Waals surface area contributed by atoms with Crippen LogP contribution in [0, 0.1) is 5.82 Å². The summed E-state index contributed by atoms with van der Waals surface area (Å²) in [6.07, 6.45) is 0. The third-order valence-electron chi connectivity index (χ3n) is 3.28. The van der Waals surface area contributed by atoms with Crippen molar-refractivity contribution in [1.29, 1.82) is 0 Å². The van der Waals surface area contributed by atoms with Gasteiger partial charge in [0.05, 0.1) is 6.54 Å². The van der Waals surface area contributed by atoms with Crippen LogP contribution in [0.5, 0.6) is 0 Å². The summed E-state index contributed by atoms with van der Waals surface area (Å²) in [7, 11) is 1.57. The van der Waals surface area contributed by atoms with Gasteiger partial charge < -0.3 is 10.2 Å². The molecule has 0 aliphatic rings. The molecule has 1 N–H and O–H groups in total. The topological polar surface area (TPSA) is 49.4 Å². The molecule has 0 aromatic heterocycles. The molecule has 2 amide bonds. The number of hydrogen-bond donors (Lipinski definition) is 1. The zero-order valence-corrected chi connectivity index (χ0v) is 14.1. The largest absolute Gasteiger partial charge is 0.343 e. The van der Waals surface area contributed by atoms with E-state index in [1.807, 2.05) is 6.07 Å². The second-order valence-corrected chi connectivity index (χ2v) is 5.95. The number of rotatable bonds is 5. The van der Waals surface area contributed by atoms with E-state index in [9.17, 15) is 14.0 Å². The van der Waals surface area contributed by atoms with Gasteiger partial charge in [-0.3, -0.25) is 9.59 Å². The number of carbonyl (C=O) groups is 2. The van der Waals surface area contributed by atoms with Gasteiger partial charge in [0, 0.05) is 29.2 Å². The van der Waals surface area contributed by atoms with Crippen LogP contribution in [-0.2, 0) is 11.3 Å². The summed E-state index contributed by atoms with van der Waals surface area (Å²) in [5.41, 5.74) is 0.894. The Morgan fingerprint density at radius 1 is 1.17 bits per heavy atom. The molecule has 0 saturated heterocycles. The SMILES string of the molecule is CN(Cc1ccccc1F)C(=O)CNC(=O)c1cccc(Br)c1. The third-order valence-corrected chi connectivity index (χ3v) is 3.77. The summed E-state index contributed by atoms with van der Waals surface area (Å²) in [5, 5.41) is 2.56. The lowest BCUT2D eigenvalue weighted by atomic mass is 10.2. The van der Waals surface area contributed by atoms with E-state index in [1.54, 1.807) is 43.4 Å². The smallest absolute Gasteiger partial charge is 0.251 e. The first-order valence-corrected chi connectivity index (χ1v) is 7.78. The van der Waals surface area contributed by atoms with Gasteiger partial charge in [-0.15, -0.1) is 0 Å². The summed E-state index contributed by atoms with van der Waals surface area (Å²) in [5.74, 6) is -0.985. The lowest BCUT2D eigenvalue weighted by Crippen LogP contribution is -2.37. The maximum atomic E-state index is 13.6. The molecule has 2 aromatic carbocycles. The predicted molar refractivity (Wildman–Crippen MR) is 89.3 cm³/mol. The van der Waals surface area contributed by atoms with Crippen molar-refractivity contribution in [2.75, 3.05) is 13.6 Å². The lowest BCUT2D eigenvalue weighted by molar-refractivity contribution is -0.129. The molecule has 0 radical (unpaired) electrons. The fourth-order valence-electron chi connectivity index (χ4n) is 1.99. The molecule has 0 heterocycles. The summed E-state index contributed by atoms with van der Waals surface area (Å²) >= 11 is 3.29. The van der Waals surface area contributed by atoms with Crippen LogP contribution in [0.15, 0.2) is 53.0 Å². The minimum Gasteiger partial charge on any atom is -0.343 e. The Hall–Kier alpha value is -2.21. The highest BCUT2D eigenvalue weighted by atomic mass is 79.9. The molecule has 2 rings (SSSR count). The Bertz CT molecular complexity index is 721. The van der Waals surface area contributed by atoms with Gasteiger partial charge in [-0.1, -0.05) is 40.2 Å². The second kappa shape index (κ2) is 7.87. The van der Waals surface area contributed by atoms with Crippen LogP contribution >= 0.6 is 15.9 Å². The van der Waals surface area contributed by atoms with Gasteiger partial charge in [-0.25, -0.2) is 4.39 Å². The quantitative estimate of drug-likeness (QED) is 0.869. The maximum absolute atomic E-state index is 13.6. The van der Waals surface area contributed by atoms with Crippen molar-refractivity contribution < 1.29 is 14.0 Å². The summed E-state index contributed by atoms with van der Waals surface area (Å²) in [6.45, 7) is 0.00849. The Labute approximate surface area is 142 Å². The van der Waals surface area contributed by atoms with E-state index in [0.29, 0.717) is 11.1 Å². The Kier molecular flexibility index (Phi) is 5.87. The first-order chi connectivity index (χ1) is 11.0. The molecule has 4 nitrogen and oxygen atoms in total. The van der Waals surface area contributed by atoms with Crippen LogP contribution in [0.1, 0.15) is 15.9 Å². The monoisotopic (exact) mass is 378 g/mol. The number of likely N-dealkylation sites (N-methyl/N-ethyl adjacent to an activating group) is 1. The Balaban J connectivity index is 1.89. The first-order valence-electron chi connectivity index (χ1n) is 6.98. The number of benzene rings is 2. The fraction of sp³-hybridized carbons (Fsp3) is 0.176. The molecule has 120 valence electrons. The lowest BCUT2D eigenvalue weighted by Gasteiger charge is -2.18. The normalized spacial score (nSPS) is 10.2. The van der Waals surface area contributed by atoms with Crippen LogP contribution in [0.2, 0.25) is 0 Å². The van der Waals surface area contributed by atoms with E-state index in [-0.39, 0.29) is 30.7 Å². The Morgan fingerprint density at radius 3 is 2.61 bits per heavy atom. The standard InChI is InChI=1S/C17H16BrFN2O2/c1-21(11-13-5-2-3-8-15(13)19)16(22)10-20-17(23)12-6-4-7-14(18)9-12/h2-9H,10-11H2,1H3,(H,20,23). The van der Waals surface area contributed by atoms with Gasteiger partial charge in [0.25, 0.3) is 5.91 Å². The molecule has 0 aliphatic carbocycles. The van der Waals surface area contributed by atoms with Crippen molar-refractivity contribution in [2.45, 2.75) is 6.54 Å². The summed E-state index contributed by atoms with van der Waals surface area (Å²) < 4.78 is 14.4. The molecule has 0 saturated carbocycles. The molecule has 0 unspecified atom stereocenters. The van der Waals surface area contributed by atoms with Crippen LogP contribution in [0.4, 0.5) is 4.39 Å². The van der Waals surface area contributed by atoms with Gasteiger partial charge in [-0.2, -0.15) is 0 Å². The van der Waals surface area contributed by atoms with Crippen LogP contribution in [0.3, 0.4) is 0 Å². The third kappa shape index (κ3) is 4.89. The molecule has 0 atom stereocenters. The highest BCUT2D eigenvalue weighted by molar-refractivity contribution is 9.10. The minimum atomic E-state index is -0.356. The molecule has 0 aliphatic heterocycles. The van der Waals surface area contributed by atoms with Crippen molar-refractivity contribution >= 4 is 27.7 Å². The molecular weight excluding hydrogens is 363 g/mol. The van der Waals surface area contributed by atoms with Crippen molar-refractivity contribution in [1.82, 2.24) is 10.2 Å². The average Bonchev–Trinajstić information content (AvgIpc) is 2.54. The number of nitrogens with zero attached hydrogens (tertiary/aromatic N) is 1. The van der Waals surface area contributed by atoms with Crippen LogP contribution in [0.25, 0.3) is 0 Å². The number of hydrogen-bond acceptors (Lipinski definition) is 2. The molecule has 6 heteroatoms. The van der Waals surface area contributed by atoms with E-state index in [1.165, 1.54) is 11.0 Å². The molecular formula is C17H16BrFN2O2.